The lowest BCUT2D eigenvalue weighted by molar-refractivity contribution is 0.329. The lowest BCUT2D eigenvalue weighted by Gasteiger charge is -2.12. The second-order valence-corrected chi connectivity index (χ2v) is 6.32. The minimum absolute atomic E-state index is 0. The molecule has 0 aliphatic carbocycles. The molecule has 0 unspecified atom stereocenters. The smallest absolute Gasteiger partial charge is 0.196 e. The number of rotatable bonds is 5. The topological polar surface area (TPSA) is 29.3 Å². The zero-order valence-electron chi connectivity index (χ0n) is 14.2. The zero-order valence-corrected chi connectivity index (χ0v) is 15.0. The van der Waals surface area contributed by atoms with E-state index in [1.807, 2.05) is 36.4 Å². The molecular weight excluding hydrogens is 332 g/mol. The zero-order chi connectivity index (χ0) is 16.2. The van der Waals surface area contributed by atoms with E-state index in [0.717, 1.165) is 41.4 Å². The van der Waals surface area contributed by atoms with Gasteiger partial charge in [-0.05, 0) is 25.9 Å². The molecule has 0 atom stereocenters. The molecule has 25 heavy (non-hydrogen) atoms. The Bertz CT molecular complexity index is 723. The average Bonchev–Trinajstić information content (AvgIpc) is 3.31. The van der Waals surface area contributed by atoms with Crippen molar-refractivity contribution in [2.45, 2.75) is 19.3 Å². The van der Waals surface area contributed by atoms with Crippen LogP contribution in [0.3, 0.4) is 0 Å². The Labute approximate surface area is 155 Å². The van der Waals surface area contributed by atoms with Crippen molar-refractivity contribution in [3.05, 3.63) is 66.6 Å². The van der Waals surface area contributed by atoms with Gasteiger partial charge in [-0.25, -0.2) is 4.98 Å². The monoisotopic (exact) mass is 354 g/mol. The van der Waals surface area contributed by atoms with Gasteiger partial charge in [-0.2, -0.15) is 0 Å². The quantitative estimate of drug-likeness (QED) is 0.640. The van der Waals surface area contributed by atoms with Crippen LogP contribution in [0, 0.1) is 0 Å². The fourth-order valence-electron chi connectivity index (χ4n) is 3.31. The van der Waals surface area contributed by atoms with Crippen LogP contribution in [0.5, 0.6) is 0 Å². The van der Waals surface area contributed by atoms with Crippen LogP contribution in [0.2, 0.25) is 0 Å². The highest BCUT2D eigenvalue weighted by Crippen LogP contribution is 2.32. The summed E-state index contributed by atoms with van der Waals surface area (Å²) in [6.45, 7) is 3.44. The Balaban J connectivity index is 0.00000182. The Morgan fingerprint density at radius 1 is 0.840 bits per heavy atom. The molecule has 1 aliphatic rings. The molecule has 130 valence electrons. The lowest BCUT2D eigenvalue weighted by Crippen LogP contribution is -2.21. The van der Waals surface area contributed by atoms with Gasteiger partial charge in [0, 0.05) is 24.1 Å². The van der Waals surface area contributed by atoms with Gasteiger partial charge in [-0.1, -0.05) is 60.7 Å². The standard InChI is InChI=1S/C21H22N2O.ClH/c1-3-9-17(10-4-1)20-21(18-11-5-2-6-12-18)24-19(22-20)13-16-23-14-7-8-15-23;/h1-6,9-12H,7-8,13-16H2;1H. The average molecular weight is 355 g/mol. The highest BCUT2D eigenvalue weighted by molar-refractivity contribution is 5.85. The van der Waals surface area contributed by atoms with Gasteiger partial charge in [-0.15, -0.1) is 12.4 Å². The summed E-state index contributed by atoms with van der Waals surface area (Å²) in [6.07, 6.45) is 3.50. The number of oxazole rings is 1. The summed E-state index contributed by atoms with van der Waals surface area (Å²) >= 11 is 0. The number of halogens is 1. The molecule has 0 spiro atoms. The molecule has 1 aromatic heterocycles. The molecule has 3 aromatic rings. The van der Waals surface area contributed by atoms with Gasteiger partial charge in [-0.3, -0.25) is 0 Å². The summed E-state index contributed by atoms with van der Waals surface area (Å²) in [5, 5.41) is 0. The van der Waals surface area contributed by atoms with Crippen LogP contribution in [-0.2, 0) is 6.42 Å². The summed E-state index contributed by atoms with van der Waals surface area (Å²) in [4.78, 5) is 7.32. The molecule has 0 radical (unpaired) electrons. The molecule has 0 N–H and O–H groups in total. The van der Waals surface area contributed by atoms with Crippen LogP contribution < -0.4 is 0 Å². The van der Waals surface area contributed by atoms with E-state index in [1.165, 1.54) is 25.9 Å². The first-order valence-electron chi connectivity index (χ1n) is 8.73. The highest BCUT2D eigenvalue weighted by atomic mass is 35.5. The molecule has 3 nitrogen and oxygen atoms in total. The molecule has 1 aliphatic heterocycles. The molecule has 4 rings (SSSR count). The van der Waals surface area contributed by atoms with Crippen molar-refractivity contribution in [1.82, 2.24) is 9.88 Å². The molecule has 1 saturated heterocycles. The van der Waals surface area contributed by atoms with Crippen LogP contribution in [0.25, 0.3) is 22.6 Å². The third kappa shape index (κ3) is 4.12. The van der Waals surface area contributed by atoms with Gasteiger partial charge in [0.25, 0.3) is 0 Å². The number of hydrogen-bond acceptors (Lipinski definition) is 3. The first-order valence-corrected chi connectivity index (χ1v) is 8.73. The van der Waals surface area contributed by atoms with Crippen molar-refractivity contribution in [3.63, 3.8) is 0 Å². The van der Waals surface area contributed by atoms with E-state index >= 15 is 0 Å². The second-order valence-electron chi connectivity index (χ2n) is 6.32. The number of likely N-dealkylation sites (tertiary alicyclic amines) is 1. The highest BCUT2D eigenvalue weighted by Gasteiger charge is 2.18. The largest absolute Gasteiger partial charge is 0.440 e. The van der Waals surface area contributed by atoms with Crippen LogP contribution in [0.15, 0.2) is 65.1 Å². The van der Waals surface area contributed by atoms with Crippen molar-refractivity contribution in [1.29, 1.82) is 0 Å². The Hall–Kier alpha value is -2.10. The number of aromatic nitrogens is 1. The van der Waals surface area contributed by atoms with Crippen LogP contribution in [-0.4, -0.2) is 29.5 Å². The number of benzene rings is 2. The summed E-state index contributed by atoms with van der Waals surface area (Å²) in [6, 6.07) is 20.6. The van der Waals surface area contributed by atoms with Crippen molar-refractivity contribution in [2.75, 3.05) is 19.6 Å². The Morgan fingerprint density at radius 3 is 2.08 bits per heavy atom. The van der Waals surface area contributed by atoms with Crippen LogP contribution in [0.4, 0.5) is 0 Å². The normalized spacial score (nSPS) is 14.4. The van der Waals surface area contributed by atoms with E-state index in [4.69, 9.17) is 9.40 Å². The maximum absolute atomic E-state index is 6.18. The SMILES string of the molecule is Cl.c1ccc(-c2nc(CCN3CCCC3)oc2-c2ccccc2)cc1. The second kappa shape index (κ2) is 8.32. The molecule has 0 saturated carbocycles. The van der Waals surface area contributed by atoms with E-state index in [9.17, 15) is 0 Å². The minimum Gasteiger partial charge on any atom is -0.440 e. The van der Waals surface area contributed by atoms with Gasteiger partial charge >= 0.3 is 0 Å². The fourth-order valence-corrected chi connectivity index (χ4v) is 3.31. The van der Waals surface area contributed by atoms with E-state index in [1.54, 1.807) is 0 Å². The number of hydrogen-bond donors (Lipinski definition) is 0. The van der Waals surface area contributed by atoms with Gasteiger partial charge in [0.05, 0.1) is 0 Å². The van der Waals surface area contributed by atoms with E-state index in [-0.39, 0.29) is 12.4 Å². The Kier molecular flexibility index (Phi) is 5.90. The van der Waals surface area contributed by atoms with Gasteiger partial charge in [0.15, 0.2) is 11.7 Å². The van der Waals surface area contributed by atoms with Crippen LogP contribution >= 0.6 is 12.4 Å². The predicted molar refractivity (Wildman–Crippen MR) is 104 cm³/mol. The number of nitrogens with zero attached hydrogens (tertiary/aromatic N) is 2. The first-order chi connectivity index (χ1) is 11.9. The van der Waals surface area contributed by atoms with Crippen molar-refractivity contribution >= 4 is 12.4 Å². The molecule has 2 aromatic carbocycles. The third-order valence-electron chi connectivity index (χ3n) is 4.60. The van der Waals surface area contributed by atoms with Gasteiger partial charge in [0.1, 0.15) is 5.69 Å². The molecule has 2 heterocycles. The van der Waals surface area contributed by atoms with E-state index in [0.29, 0.717) is 0 Å². The Morgan fingerprint density at radius 2 is 1.44 bits per heavy atom. The predicted octanol–water partition coefficient (Wildman–Crippen LogP) is 5.07. The van der Waals surface area contributed by atoms with E-state index < -0.39 is 0 Å². The summed E-state index contributed by atoms with van der Waals surface area (Å²) in [7, 11) is 0. The molecule has 4 heteroatoms. The van der Waals surface area contributed by atoms with Crippen LogP contribution in [0.1, 0.15) is 18.7 Å². The molecular formula is C21H23ClN2O. The maximum atomic E-state index is 6.18. The van der Waals surface area contributed by atoms with Crippen molar-refractivity contribution < 1.29 is 4.42 Å². The summed E-state index contributed by atoms with van der Waals surface area (Å²) in [5.41, 5.74) is 3.13. The minimum atomic E-state index is 0. The summed E-state index contributed by atoms with van der Waals surface area (Å²) in [5.74, 6) is 1.71. The molecule has 0 bridgehead atoms. The molecule has 0 amide bonds. The maximum Gasteiger partial charge on any atom is 0.196 e. The van der Waals surface area contributed by atoms with Crippen molar-refractivity contribution in [3.8, 4) is 22.6 Å². The van der Waals surface area contributed by atoms with Gasteiger partial charge in [0.2, 0.25) is 0 Å². The fraction of sp³-hybridized carbons (Fsp3) is 0.286. The lowest BCUT2D eigenvalue weighted by atomic mass is 10.1. The third-order valence-corrected chi connectivity index (χ3v) is 4.60. The first kappa shape index (κ1) is 17.7. The molecule has 1 fully saturated rings. The van der Waals surface area contributed by atoms with Crippen molar-refractivity contribution in [2.24, 2.45) is 0 Å². The summed E-state index contributed by atoms with van der Waals surface area (Å²) < 4.78 is 6.18. The van der Waals surface area contributed by atoms with Gasteiger partial charge < -0.3 is 9.32 Å². The van der Waals surface area contributed by atoms with E-state index in [2.05, 4.69) is 29.2 Å².